The normalized spacial score (nSPS) is 10.8. The molecule has 0 radical (unpaired) electrons. The van der Waals surface area contributed by atoms with Crippen molar-refractivity contribution >= 4 is 34.2 Å². The van der Waals surface area contributed by atoms with Gasteiger partial charge in [0.05, 0.1) is 16.3 Å². The first-order chi connectivity index (χ1) is 12.0. The first kappa shape index (κ1) is 17.0. The molecule has 3 aromatic rings. The second-order valence-corrected chi connectivity index (χ2v) is 5.99. The lowest BCUT2D eigenvalue weighted by atomic mass is 10.1. The van der Waals surface area contributed by atoms with Crippen molar-refractivity contribution in [2.75, 3.05) is 5.73 Å². The highest BCUT2D eigenvalue weighted by molar-refractivity contribution is 6.33. The van der Waals surface area contributed by atoms with Crippen molar-refractivity contribution < 1.29 is 13.9 Å². The van der Waals surface area contributed by atoms with E-state index in [9.17, 15) is 9.59 Å². The van der Waals surface area contributed by atoms with Gasteiger partial charge in [-0.05, 0) is 36.2 Å². The Bertz CT molecular complexity index is 1010. The zero-order valence-corrected chi connectivity index (χ0v) is 14.3. The van der Waals surface area contributed by atoms with E-state index in [-0.39, 0.29) is 6.61 Å². The van der Waals surface area contributed by atoms with E-state index in [1.54, 1.807) is 0 Å². The van der Waals surface area contributed by atoms with Gasteiger partial charge in [-0.2, -0.15) is 0 Å². The Morgan fingerprint density at radius 2 is 2.00 bits per heavy atom. The van der Waals surface area contributed by atoms with Crippen LogP contribution >= 0.6 is 11.6 Å². The van der Waals surface area contributed by atoms with Gasteiger partial charge in [-0.1, -0.05) is 30.7 Å². The Hall–Kier alpha value is -2.79. The van der Waals surface area contributed by atoms with Crippen LogP contribution in [0.4, 0.5) is 5.69 Å². The van der Waals surface area contributed by atoms with Gasteiger partial charge in [0, 0.05) is 17.0 Å². The van der Waals surface area contributed by atoms with Crippen LogP contribution in [0.25, 0.3) is 11.0 Å². The summed E-state index contributed by atoms with van der Waals surface area (Å²) >= 11 is 5.84. The Morgan fingerprint density at radius 3 is 2.72 bits per heavy atom. The molecule has 0 amide bonds. The number of hydrogen-bond acceptors (Lipinski definition) is 5. The average molecular weight is 358 g/mol. The molecule has 0 atom stereocenters. The summed E-state index contributed by atoms with van der Waals surface area (Å²) in [4.78, 5) is 23.9. The lowest BCUT2D eigenvalue weighted by Crippen LogP contribution is -2.08. The van der Waals surface area contributed by atoms with Crippen molar-refractivity contribution in [1.82, 2.24) is 0 Å². The molecule has 0 aliphatic heterocycles. The molecule has 1 heterocycles. The van der Waals surface area contributed by atoms with Crippen LogP contribution in [0.1, 0.15) is 28.4 Å². The predicted octanol–water partition coefficient (Wildman–Crippen LogP) is 3.95. The van der Waals surface area contributed by atoms with E-state index in [2.05, 4.69) is 0 Å². The minimum Gasteiger partial charge on any atom is -0.457 e. The van der Waals surface area contributed by atoms with E-state index in [1.165, 1.54) is 24.3 Å². The second kappa shape index (κ2) is 6.99. The maximum Gasteiger partial charge on any atom is 0.338 e. The van der Waals surface area contributed by atoms with Crippen molar-refractivity contribution in [3.05, 3.63) is 74.6 Å². The molecule has 2 N–H and O–H groups in total. The molecule has 0 bridgehead atoms. The Balaban J connectivity index is 1.86. The molecule has 0 aliphatic carbocycles. The number of fused-ring (bicyclic) bond motifs is 1. The number of benzene rings is 2. The van der Waals surface area contributed by atoms with Gasteiger partial charge in [0.25, 0.3) is 0 Å². The fraction of sp³-hybridized carbons (Fsp3) is 0.158. The summed E-state index contributed by atoms with van der Waals surface area (Å²) in [5.41, 5.74) is 7.93. The SMILES string of the molecule is CCc1ccc2c(COC(=O)c3ccc(Cl)c(N)c3)cc(=O)oc2c1. The zero-order chi connectivity index (χ0) is 18.0. The van der Waals surface area contributed by atoms with Crippen LogP contribution in [-0.4, -0.2) is 5.97 Å². The number of rotatable bonds is 4. The molecular formula is C19H16ClNO4. The van der Waals surface area contributed by atoms with Crippen LogP contribution in [0.3, 0.4) is 0 Å². The van der Waals surface area contributed by atoms with E-state index >= 15 is 0 Å². The first-order valence-corrected chi connectivity index (χ1v) is 8.13. The third-order valence-electron chi connectivity index (χ3n) is 3.89. The summed E-state index contributed by atoms with van der Waals surface area (Å²) in [5.74, 6) is -0.546. The minimum absolute atomic E-state index is 0.0467. The molecule has 0 saturated heterocycles. The van der Waals surface area contributed by atoms with Crippen LogP contribution in [-0.2, 0) is 17.8 Å². The fourth-order valence-electron chi connectivity index (χ4n) is 2.51. The van der Waals surface area contributed by atoms with Gasteiger partial charge in [0.15, 0.2) is 0 Å². The maximum absolute atomic E-state index is 12.2. The Labute approximate surface area is 149 Å². The first-order valence-electron chi connectivity index (χ1n) is 7.75. The molecule has 0 fully saturated rings. The molecule has 25 heavy (non-hydrogen) atoms. The number of aryl methyl sites for hydroxylation is 1. The Morgan fingerprint density at radius 1 is 1.20 bits per heavy atom. The summed E-state index contributed by atoms with van der Waals surface area (Å²) in [5, 5.41) is 1.11. The fourth-order valence-corrected chi connectivity index (χ4v) is 2.63. The quantitative estimate of drug-likeness (QED) is 0.434. The van der Waals surface area contributed by atoms with E-state index in [4.69, 9.17) is 26.5 Å². The number of carbonyl (C=O) groups excluding carboxylic acids is 1. The molecule has 3 rings (SSSR count). The highest BCUT2D eigenvalue weighted by Gasteiger charge is 2.12. The van der Waals surface area contributed by atoms with Crippen LogP contribution in [0.5, 0.6) is 0 Å². The van der Waals surface area contributed by atoms with E-state index < -0.39 is 11.6 Å². The van der Waals surface area contributed by atoms with E-state index in [1.807, 2.05) is 25.1 Å². The predicted molar refractivity (Wildman–Crippen MR) is 96.8 cm³/mol. The molecule has 1 aromatic heterocycles. The number of esters is 1. The summed E-state index contributed by atoms with van der Waals surface area (Å²) in [6, 6.07) is 11.5. The molecule has 6 heteroatoms. The van der Waals surface area contributed by atoms with E-state index in [0.29, 0.717) is 27.4 Å². The highest BCUT2D eigenvalue weighted by atomic mass is 35.5. The monoisotopic (exact) mass is 357 g/mol. The lowest BCUT2D eigenvalue weighted by Gasteiger charge is -2.09. The molecule has 0 aliphatic rings. The number of ether oxygens (including phenoxy) is 1. The average Bonchev–Trinajstić information content (AvgIpc) is 2.60. The van der Waals surface area contributed by atoms with Crippen molar-refractivity contribution in [2.24, 2.45) is 0 Å². The molecule has 0 saturated carbocycles. The number of nitrogens with two attached hydrogens (primary N) is 1. The number of anilines is 1. The molecular weight excluding hydrogens is 342 g/mol. The number of nitrogen functional groups attached to an aromatic ring is 1. The van der Waals surface area contributed by atoms with Crippen molar-refractivity contribution in [1.29, 1.82) is 0 Å². The van der Waals surface area contributed by atoms with Crippen molar-refractivity contribution in [3.8, 4) is 0 Å². The smallest absolute Gasteiger partial charge is 0.338 e. The van der Waals surface area contributed by atoms with Gasteiger partial charge in [0.2, 0.25) is 0 Å². The van der Waals surface area contributed by atoms with Crippen LogP contribution in [0.2, 0.25) is 5.02 Å². The molecule has 2 aromatic carbocycles. The van der Waals surface area contributed by atoms with Crippen LogP contribution in [0, 0.1) is 0 Å². The Kier molecular flexibility index (Phi) is 4.76. The molecule has 5 nitrogen and oxygen atoms in total. The molecule has 0 spiro atoms. The third kappa shape index (κ3) is 3.67. The minimum atomic E-state index is -0.546. The summed E-state index contributed by atoms with van der Waals surface area (Å²) in [6.45, 7) is 1.97. The van der Waals surface area contributed by atoms with Gasteiger partial charge in [-0.15, -0.1) is 0 Å². The zero-order valence-electron chi connectivity index (χ0n) is 13.5. The van der Waals surface area contributed by atoms with Gasteiger partial charge >= 0.3 is 11.6 Å². The second-order valence-electron chi connectivity index (χ2n) is 5.59. The topological polar surface area (TPSA) is 82.5 Å². The standard InChI is InChI=1S/C19H16ClNO4/c1-2-11-3-5-14-13(9-18(22)25-17(14)7-11)10-24-19(23)12-4-6-15(20)16(21)8-12/h3-9H,2,10,21H2,1H3. The van der Waals surface area contributed by atoms with Gasteiger partial charge in [-0.25, -0.2) is 9.59 Å². The maximum atomic E-state index is 12.2. The van der Waals surface area contributed by atoms with Crippen LogP contribution < -0.4 is 11.4 Å². The molecule has 128 valence electrons. The third-order valence-corrected chi connectivity index (χ3v) is 4.24. The van der Waals surface area contributed by atoms with Gasteiger partial charge in [-0.3, -0.25) is 0 Å². The number of hydrogen-bond donors (Lipinski definition) is 1. The van der Waals surface area contributed by atoms with Crippen molar-refractivity contribution in [2.45, 2.75) is 20.0 Å². The highest BCUT2D eigenvalue weighted by Crippen LogP contribution is 2.22. The lowest BCUT2D eigenvalue weighted by molar-refractivity contribution is 0.0474. The number of halogens is 1. The molecule has 0 unspecified atom stereocenters. The van der Waals surface area contributed by atoms with Gasteiger partial charge in [0.1, 0.15) is 12.2 Å². The van der Waals surface area contributed by atoms with Crippen molar-refractivity contribution in [3.63, 3.8) is 0 Å². The summed E-state index contributed by atoms with van der Waals surface area (Å²) in [7, 11) is 0. The summed E-state index contributed by atoms with van der Waals surface area (Å²) in [6.07, 6.45) is 0.830. The summed E-state index contributed by atoms with van der Waals surface area (Å²) < 4.78 is 10.5. The van der Waals surface area contributed by atoms with E-state index in [0.717, 1.165) is 17.4 Å². The van der Waals surface area contributed by atoms with Crippen LogP contribution in [0.15, 0.2) is 51.7 Å². The van der Waals surface area contributed by atoms with Gasteiger partial charge < -0.3 is 14.9 Å². The largest absolute Gasteiger partial charge is 0.457 e. The number of carbonyl (C=O) groups is 1.